The van der Waals surface area contributed by atoms with Crippen LogP contribution in [0, 0.1) is 0 Å². The van der Waals surface area contributed by atoms with Crippen LogP contribution in [0.3, 0.4) is 0 Å². The Morgan fingerprint density at radius 3 is 2.20 bits per heavy atom. The van der Waals surface area contributed by atoms with E-state index in [1.54, 1.807) is 12.1 Å². The third-order valence-corrected chi connectivity index (χ3v) is 4.34. The lowest BCUT2D eigenvalue weighted by atomic mass is 9.84. The maximum atomic E-state index is 13.3. The van der Waals surface area contributed by atoms with Crippen LogP contribution in [0.2, 0.25) is 0 Å². The Hall–Kier alpha value is -2.94. The van der Waals surface area contributed by atoms with Gasteiger partial charge in [0.05, 0.1) is 12.7 Å². The molecule has 0 saturated heterocycles. The molecule has 3 nitrogen and oxygen atoms in total. The first-order valence-corrected chi connectivity index (χ1v) is 8.28. The molecule has 0 atom stereocenters. The van der Waals surface area contributed by atoms with Gasteiger partial charge >= 0.3 is 5.97 Å². The third-order valence-electron chi connectivity index (χ3n) is 4.34. The number of fused-ring (bicyclic) bond motifs is 1. The molecule has 0 aromatic heterocycles. The van der Waals surface area contributed by atoms with Crippen LogP contribution in [0.25, 0.3) is 10.8 Å². The minimum Gasteiger partial charge on any atom is -0.465 e. The molecule has 25 heavy (non-hydrogen) atoms. The number of benzene rings is 3. The highest BCUT2D eigenvalue weighted by atomic mass is 16.5. The van der Waals surface area contributed by atoms with E-state index in [2.05, 4.69) is 0 Å². The maximum Gasteiger partial charge on any atom is 0.338 e. The summed E-state index contributed by atoms with van der Waals surface area (Å²) >= 11 is 0. The molecule has 0 saturated carbocycles. The Bertz CT molecular complexity index is 940. The summed E-state index contributed by atoms with van der Waals surface area (Å²) < 4.78 is 4.97. The largest absolute Gasteiger partial charge is 0.465 e. The number of hydrogen-bond acceptors (Lipinski definition) is 3. The predicted octanol–water partition coefficient (Wildman–Crippen LogP) is 4.98. The van der Waals surface area contributed by atoms with Gasteiger partial charge in [-0.15, -0.1) is 0 Å². The molecule has 0 amide bonds. The first-order valence-electron chi connectivity index (χ1n) is 8.28. The van der Waals surface area contributed by atoms with Crippen molar-refractivity contribution >= 4 is 22.5 Å². The Balaban J connectivity index is 2.40. The zero-order valence-electron chi connectivity index (χ0n) is 14.6. The van der Waals surface area contributed by atoms with Crippen LogP contribution in [0.4, 0.5) is 0 Å². The zero-order valence-corrected chi connectivity index (χ0v) is 14.6. The molecule has 0 aliphatic heterocycles. The number of hydrogen-bond donors (Lipinski definition) is 0. The van der Waals surface area contributed by atoms with Gasteiger partial charge in [0.15, 0.2) is 5.78 Å². The molecular formula is C22H20O3. The van der Waals surface area contributed by atoms with E-state index < -0.39 is 5.97 Å². The van der Waals surface area contributed by atoms with Gasteiger partial charge in [-0.05, 0) is 28.3 Å². The maximum absolute atomic E-state index is 13.3. The van der Waals surface area contributed by atoms with E-state index in [4.69, 9.17) is 4.74 Å². The SMILES string of the molecule is COC(=O)c1cc2ccccc2c(C(=O)c2ccccc2)c1C(C)C. The van der Waals surface area contributed by atoms with E-state index in [0.717, 1.165) is 16.3 Å². The van der Waals surface area contributed by atoms with Gasteiger partial charge in [0.1, 0.15) is 0 Å². The Morgan fingerprint density at radius 1 is 0.920 bits per heavy atom. The fourth-order valence-electron chi connectivity index (χ4n) is 3.22. The molecular weight excluding hydrogens is 312 g/mol. The molecule has 0 unspecified atom stereocenters. The Kier molecular flexibility index (Phi) is 4.66. The van der Waals surface area contributed by atoms with Crippen molar-refractivity contribution in [3.8, 4) is 0 Å². The van der Waals surface area contributed by atoms with Gasteiger partial charge in [-0.3, -0.25) is 4.79 Å². The van der Waals surface area contributed by atoms with E-state index in [-0.39, 0.29) is 11.7 Å². The van der Waals surface area contributed by atoms with Gasteiger partial charge in [-0.2, -0.15) is 0 Å². The molecule has 3 heteroatoms. The average molecular weight is 332 g/mol. The molecule has 0 aliphatic rings. The molecule has 0 bridgehead atoms. The number of carbonyl (C=O) groups is 2. The highest BCUT2D eigenvalue weighted by Gasteiger charge is 2.25. The van der Waals surface area contributed by atoms with Crippen LogP contribution in [0.1, 0.15) is 51.6 Å². The fraction of sp³-hybridized carbons (Fsp3) is 0.182. The second-order valence-corrected chi connectivity index (χ2v) is 6.28. The van der Waals surface area contributed by atoms with E-state index in [1.165, 1.54) is 7.11 Å². The normalized spacial score (nSPS) is 10.9. The van der Waals surface area contributed by atoms with Gasteiger partial charge < -0.3 is 4.74 Å². The van der Waals surface area contributed by atoms with E-state index in [1.807, 2.05) is 62.4 Å². The van der Waals surface area contributed by atoms with Crippen LogP contribution in [0.15, 0.2) is 60.7 Å². The van der Waals surface area contributed by atoms with Crippen LogP contribution in [0.5, 0.6) is 0 Å². The zero-order chi connectivity index (χ0) is 18.0. The van der Waals surface area contributed by atoms with Crippen molar-refractivity contribution in [2.75, 3.05) is 7.11 Å². The van der Waals surface area contributed by atoms with E-state index in [9.17, 15) is 9.59 Å². The van der Waals surface area contributed by atoms with Gasteiger partial charge in [0, 0.05) is 11.1 Å². The fourth-order valence-corrected chi connectivity index (χ4v) is 3.22. The second-order valence-electron chi connectivity index (χ2n) is 6.28. The summed E-state index contributed by atoms with van der Waals surface area (Å²) in [6.45, 7) is 3.97. The lowest BCUT2D eigenvalue weighted by Crippen LogP contribution is -2.14. The molecule has 0 heterocycles. The van der Waals surface area contributed by atoms with Crippen molar-refractivity contribution < 1.29 is 14.3 Å². The molecule has 3 aromatic carbocycles. The summed E-state index contributed by atoms with van der Waals surface area (Å²) in [6, 6.07) is 18.6. The smallest absolute Gasteiger partial charge is 0.338 e. The molecule has 0 N–H and O–H groups in total. The summed E-state index contributed by atoms with van der Waals surface area (Å²) in [5, 5.41) is 1.71. The number of ether oxygens (including phenoxy) is 1. The first kappa shape index (κ1) is 16.9. The summed E-state index contributed by atoms with van der Waals surface area (Å²) in [6.07, 6.45) is 0. The van der Waals surface area contributed by atoms with Crippen LogP contribution in [-0.4, -0.2) is 18.9 Å². The molecule has 0 spiro atoms. The second kappa shape index (κ2) is 6.89. The van der Waals surface area contributed by atoms with Crippen molar-refractivity contribution in [3.05, 3.63) is 82.9 Å². The van der Waals surface area contributed by atoms with Crippen LogP contribution in [-0.2, 0) is 4.74 Å². The van der Waals surface area contributed by atoms with Gasteiger partial charge in [-0.1, -0.05) is 68.4 Å². The van der Waals surface area contributed by atoms with Crippen LogP contribution >= 0.6 is 0 Å². The average Bonchev–Trinajstić information content (AvgIpc) is 2.65. The van der Waals surface area contributed by atoms with Crippen LogP contribution < -0.4 is 0 Å². The molecule has 126 valence electrons. The first-order chi connectivity index (χ1) is 12.0. The summed E-state index contributed by atoms with van der Waals surface area (Å²) in [7, 11) is 1.36. The minimum absolute atomic E-state index is 0.00127. The monoisotopic (exact) mass is 332 g/mol. The van der Waals surface area contributed by atoms with Gasteiger partial charge in [-0.25, -0.2) is 4.79 Å². The van der Waals surface area contributed by atoms with Gasteiger partial charge in [0.2, 0.25) is 0 Å². The molecule has 0 aliphatic carbocycles. The van der Waals surface area contributed by atoms with Gasteiger partial charge in [0.25, 0.3) is 0 Å². The van der Waals surface area contributed by atoms with Crippen molar-refractivity contribution in [1.82, 2.24) is 0 Å². The lowest BCUT2D eigenvalue weighted by molar-refractivity contribution is 0.0599. The number of ketones is 1. The molecule has 3 rings (SSSR count). The number of rotatable bonds is 4. The summed E-state index contributed by atoms with van der Waals surface area (Å²) in [5.74, 6) is -0.496. The van der Waals surface area contributed by atoms with Crippen molar-refractivity contribution in [1.29, 1.82) is 0 Å². The van der Waals surface area contributed by atoms with Crippen molar-refractivity contribution in [3.63, 3.8) is 0 Å². The highest BCUT2D eigenvalue weighted by molar-refractivity contribution is 6.19. The predicted molar refractivity (Wildman–Crippen MR) is 99.3 cm³/mol. The minimum atomic E-state index is -0.420. The molecule has 0 radical (unpaired) electrons. The Labute approximate surface area is 147 Å². The third kappa shape index (κ3) is 3.05. The highest BCUT2D eigenvalue weighted by Crippen LogP contribution is 2.33. The lowest BCUT2D eigenvalue weighted by Gasteiger charge is -2.19. The summed E-state index contributed by atoms with van der Waals surface area (Å²) in [5.41, 5.74) is 2.38. The topological polar surface area (TPSA) is 43.4 Å². The van der Waals surface area contributed by atoms with E-state index >= 15 is 0 Å². The standard InChI is InChI=1S/C22H20O3/c1-14(2)19-18(22(24)25-3)13-16-11-7-8-12-17(16)20(19)21(23)15-9-5-4-6-10-15/h4-14H,1-3H3. The van der Waals surface area contributed by atoms with E-state index in [0.29, 0.717) is 16.7 Å². The van der Waals surface area contributed by atoms with Crippen molar-refractivity contribution in [2.45, 2.75) is 19.8 Å². The number of esters is 1. The summed E-state index contributed by atoms with van der Waals surface area (Å²) in [4.78, 5) is 25.7. The number of methoxy groups -OCH3 is 1. The number of carbonyl (C=O) groups excluding carboxylic acids is 2. The molecule has 3 aromatic rings. The Morgan fingerprint density at radius 2 is 1.56 bits per heavy atom. The molecule has 0 fully saturated rings. The van der Waals surface area contributed by atoms with Crippen molar-refractivity contribution in [2.24, 2.45) is 0 Å². The quantitative estimate of drug-likeness (QED) is 0.500.